The monoisotopic (exact) mass is 796 g/mol. The molecule has 56 heavy (non-hydrogen) atoms. The summed E-state index contributed by atoms with van der Waals surface area (Å²) < 4.78 is 11.2. The number of rotatable bonds is 39. The van der Waals surface area contributed by atoms with E-state index in [0.717, 1.165) is 57.8 Å². The Bertz CT molecular complexity index is 930. The Morgan fingerprint density at radius 2 is 1.00 bits per heavy atom. The first-order valence-corrected chi connectivity index (χ1v) is 23.6. The molecular weight excluding hydrogens is 707 g/mol. The first-order chi connectivity index (χ1) is 27.3. The van der Waals surface area contributed by atoms with Crippen LogP contribution in [-0.4, -0.2) is 87.5 Å². The van der Waals surface area contributed by atoms with Gasteiger partial charge in [0.25, 0.3) is 0 Å². The number of nitrogens with one attached hydrogen (secondary N) is 1. The average Bonchev–Trinajstić information content (AvgIpc) is 3.20. The Balaban J connectivity index is 2.32. The number of carbonyl (C=O) groups is 1. The summed E-state index contributed by atoms with van der Waals surface area (Å²) in [5, 5.41) is 54.2. The maximum absolute atomic E-state index is 12.9. The lowest BCUT2D eigenvalue weighted by Crippen LogP contribution is -2.60. The number of aliphatic hydroxyl groups excluding tert-OH is 5. The van der Waals surface area contributed by atoms with Crippen molar-refractivity contribution in [3.8, 4) is 0 Å². The summed E-state index contributed by atoms with van der Waals surface area (Å²) in [5.41, 5.74) is 0. The van der Waals surface area contributed by atoms with Gasteiger partial charge in [-0.2, -0.15) is 0 Å². The van der Waals surface area contributed by atoms with Crippen molar-refractivity contribution >= 4 is 5.91 Å². The topological polar surface area (TPSA) is 149 Å². The van der Waals surface area contributed by atoms with Gasteiger partial charge in [0.1, 0.15) is 24.4 Å². The Morgan fingerprint density at radius 1 is 0.589 bits per heavy atom. The van der Waals surface area contributed by atoms with E-state index in [9.17, 15) is 30.3 Å². The normalized spacial score (nSPS) is 21.3. The van der Waals surface area contributed by atoms with E-state index in [1.54, 1.807) is 6.08 Å². The van der Waals surface area contributed by atoms with Crippen LogP contribution < -0.4 is 5.32 Å². The molecule has 7 unspecified atom stereocenters. The van der Waals surface area contributed by atoms with Crippen LogP contribution in [0.2, 0.25) is 0 Å². The third kappa shape index (κ3) is 28.2. The highest BCUT2D eigenvalue weighted by Gasteiger charge is 2.44. The Labute approximate surface area is 343 Å². The van der Waals surface area contributed by atoms with Gasteiger partial charge < -0.3 is 40.3 Å². The van der Waals surface area contributed by atoms with Crippen molar-refractivity contribution in [2.45, 2.75) is 256 Å². The van der Waals surface area contributed by atoms with E-state index in [4.69, 9.17) is 9.47 Å². The smallest absolute Gasteiger partial charge is 0.220 e. The van der Waals surface area contributed by atoms with Crippen molar-refractivity contribution < 1.29 is 39.8 Å². The zero-order chi connectivity index (χ0) is 40.9. The minimum absolute atomic E-state index is 0.186. The zero-order valence-electron chi connectivity index (χ0n) is 36.1. The number of ether oxygens (including phenoxy) is 2. The number of hydrogen-bond acceptors (Lipinski definition) is 8. The lowest BCUT2D eigenvalue weighted by molar-refractivity contribution is -0.302. The summed E-state index contributed by atoms with van der Waals surface area (Å²) in [6.45, 7) is 3.75. The van der Waals surface area contributed by atoms with Gasteiger partial charge in [-0.3, -0.25) is 4.79 Å². The van der Waals surface area contributed by atoms with Gasteiger partial charge in [-0.15, -0.1) is 0 Å². The molecule has 0 aromatic carbocycles. The molecule has 1 fully saturated rings. The molecule has 0 spiro atoms. The van der Waals surface area contributed by atoms with E-state index < -0.39 is 49.5 Å². The molecule has 0 aliphatic carbocycles. The van der Waals surface area contributed by atoms with Gasteiger partial charge in [0.05, 0.1) is 25.4 Å². The van der Waals surface area contributed by atoms with Gasteiger partial charge in [-0.05, 0) is 44.9 Å². The predicted octanol–water partition coefficient (Wildman–Crippen LogP) is 9.89. The molecule has 6 N–H and O–H groups in total. The number of unbranched alkanes of at least 4 members (excludes halogenated alkanes) is 27. The van der Waals surface area contributed by atoms with E-state index in [0.29, 0.717) is 6.42 Å². The van der Waals surface area contributed by atoms with Crippen molar-refractivity contribution in [1.82, 2.24) is 5.32 Å². The van der Waals surface area contributed by atoms with Crippen LogP contribution in [0.15, 0.2) is 24.3 Å². The minimum Gasteiger partial charge on any atom is -0.394 e. The highest BCUT2D eigenvalue weighted by Crippen LogP contribution is 2.23. The summed E-state index contributed by atoms with van der Waals surface area (Å²) in [4.78, 5) is 12.9. The van der Waals surface area contributed by atoms with Crippen LogP contribution in [0.25, 0.3) is 0 Å². The van der Waals surface area contributed by atoms with Crippen LogP contribution in [0, 0.1) is 0 Å². The number of allylic oxidation sites excluding steroid dienone is 3. The molecule has 1 heterocycles. The summed E-state index contributed by atoms with van der Waals surface area (Å²) in [7, 11) is 0. The fourth-order valence-electron chi connectivity index (χ4n) is 7.44. The van der Waals surface area contributed by atoms with E-state index in [1.165, 1.54) is 135 Å². The average molecular weight is 796 g/mol. The SMILES string of the molecule is CCCCC/C=C\CCCCCCCC(=O)NC(COC1OC(CO)C(O)C(O)C1O)C(O)/C=C/CCCCCCCCCCCCCCCCCCCCC. The van der Waals surface area contributed by atoms with Gasteiger partial charge in [0.2, 0.25) is 5.91 Å². The van der Waals surface area contributed by atoms with Crippen LogP contribution in [0.3, 0.4) is 0 Å². The summed E-state index contributed by atoms with van der Waals surface area (Å²) >= 11 is 0. The van der Waals surface area contributed by atoms with E-state index in [-0.39, 0.29) is 12.5 Å². The Kier molecular flexibility index (Phi) is 35.7. The number of aliphatic hydroxyl groups is 5. The molecule has 9 heteroatoms. The maximum Gasteiger partial charge on any atom is 0.220 e. The van der Waals surface area contributed by atoms with Crippen LogP contribution in [0.1, 0.15) is 213 Å². The molecule has 330 valence electrons. The molecule has 7 atom stereocenters. The highest BCUT2D eigenvalue weighted by molar-refractivity contribution is 5.76. The lowest BCUT2D eigenvalue weighted by Gasteiger charge is -2.40. The number of hydrogen-bond donors (Lipinski definition) is 6. The quantitative estimate of drug-likeness (QED) is 0.0266. The van der Waals surface area contributed by atoms with E-state index >= 15 is 0 Å². The molecule has 1 amide bonds. The van der Waals surface area contributed by atoms with Gasteiger partial charge in [-0.1, -0.05) is 186 Å². The summed E-state index contributed by atoms with van der Waals surface area (Å²) in [6, 6.07) is -0.805. The second-order valence-electron chi connectivity index (χ2n) is 16.5. The number of amides is 1. The molecule has 0 aromatic heterocycles. The van der Waals surface area contributed by atoms with Gasteiger partial charge in [0.15, 0.2) is 6.29 Å². The third-order valence-electron chi connectivity index (χ3n) is 11.3. The molecule has 1 aliphatic heterocycles. The molecule has 0 saturated carbocycles. The van der Waals surface area contributed by atoms with Crippen LogP contribution >= 0.6 is 0 Å². The van der Waals surface area contributed by atoms with Gasteiger partial charge in [0, 0.05) is 6.42 Å². The first-order valence-electron chi connectivity index (χ1n) is 23.6. The molecule has 1 aliphatic rings. The van der Waals surface area contributed by atoms with Gasteiger partial charge in [-0.25, -0.2) is 0 Å². The number of carbonyl (C=O) groups excluding carboxylic acids is 1. The standard InChI is InChI=1S/C47H89NO8/c1-3-5-7-9-11-13-15-17-18-19-20-21-22-23-24-25-26-28-30-32-34-36-41(50)40(39-55-47-46(54)45(53)44(52)42(38-49)56-47)48-43(51)37-35-33-31-29-27-16-14-12-10-8-6-4-2/h12,14,34,36,40-42,44-47,49-50,52-54H,3-11,13,15-33,35,37-39H2,1-2H3,(H,48,51)/b14-12-,36-34+. The van der Waals surface area contributed by atoms with E-state index in [1.807, 2.05) is 6.08 Å². The van der Waals surface area contributed by atoms with Crippen molar-refractivity contribution in [1.29, 1.82) is 0 Å². The predicted molar refractivity (Wildman–Crippen MR) is 230 cm³/mol. The van der Waals surface area contributed by atoms with Crippen LogP contribution in [0.5, 0.6) is 0 Å². The zero-order valence-corrected chi connectivity index (χ0v) is 36.1. The van der Waals surface area contributed by atoms with Gasteiger partial charge >= 0.3 is 0 Å². The minimum atomic E-state index is -1.57. The van der Waals surface area contributed by atoms with E-state index in [2.05, 4.69) is 31.3 Å². The summed E-state index contributed by atoms with van der Waals surface area (Å²) in [5.74, 6) is -0.186. The fraction of sp³-hybridized carbons (Fsp3) is 0.894. The molecule has 1 saturated heterocycles. The molecule has 9 nitrogen and oxygen atoms in total. The second kappa shape index (κ2) is 37.9. The Morgan fingerprint density at radius 3 is 1.48 bits per heavy atom. The largest absolute Gasteiger partial charge is 0.394 e. The van der Waals surface area contributed by atoms with Crippen LogP contribution in [-0.2, 0) is 14.3 Å². The Hall–Kier alpha value is -1.33. The summed E-state index contributed by atoms with van der Waals surface area (Å²) in [6.07, 6.45) is 38.0. The maximum atomic E-state index is 12.9. The molecule has 1 rings (SSSR count). The van der Waals surface area contributed by atoms with Crippen molar-refractivity contribution in [2.75, 3.05) is 13.2 Å². The van der Waals surface area contributed by atoms with Crippen molar-refractivity contribution in [3.63, 3.8) is 0 Å². The molecule has 0 bridgehead atoms. The van der Waals surface area contributed by atoms with Crippen molar-refractivity contribution in [2.24, 2.45) is 0 Å². The first kappa shape index (κ1) is 52.7. The highest BCUT2D eigenvalue weighted by atomic mass is 16.7. The van der Waals surface area contributed by atoms with Crippen LogP contribution in [0.4, 0.5) is 0 Å². The lowest BCUT2D eigenvalue weighted by atomic mass is 9.99. The molecule has 0 aromatic rings. The third-order valence-corrected chi connectivity index (χ3v) is 11.3. The molecule has 0 radical (unpaired) electrons. The molecular formula is C47H89NO8. The fourth-order valence-corrected chi connectivity index (χ4v) is 7.44. The second-order valence-corrected chi connectivity index (χ2v) is 16.5. The van der Waals surface area contributed by atoms with Crippen molar-refractivity contribution in [3.05, 3.63) is 24.3 Å².